The first-order valence-corrected chi connectivity index (χ1v) is 6.49. The number of hydrogen-bond acceptors (Lipinski definition) is 5. The van der Waals surface area contributed by atoms with Crippen LogP contribution in [-0.4, -0.2) is 21.2 Å². The van der Waals surface area contributed by atoms with Gasteiger partial charge in [0.1, 0.15) is 22.9 Å². The molecule has 0 atom stereocenters. The largest absolute Gasteiger partial charge is 0.464 e. The number of aryl methyl sites for hydroxylation is 2. The monoisotopic (exact) mass is 278 g/mol. The summed E-state index contributed by atoms with van der Waals surface area (Å²) in [7, 11) is 0. The number of aromatic nitrogens is 2. The van der Waals surface area contributed by atoms with Gasteiger partial charge in [-0.1, -0.05) is 0 Å². The van der Waals surface area contributed by atoms with E-state index in [0.717, 1.165) is 24.4 Å². The van der Waals surface area contributed by atoms with E-state index in [1.54, 1.807) is 18.5 Å². The third-order valence-electron chi connectivity index (χ3n) is 3.18. The van der Waals surface area contributed by atoms with Crippen LogP contribution in [0.3, 0.4) is 0 Å². The molecule has 108 valence electrons. The number of nitrogens with two attached hydrogens (primary N) is 1. The first-order chi connectivity index (χ1) is 9.52. The van der Waals surface area contributed by atoms with Crippen molar-refractivity contribution < 1.29 is 9.34 Å². The zero-order chi connectivity index (χ0) is 14.7. The fraction of sp³-hybridized carbons (Fsp3) is 0.462. The van der Waals surface area contributed by atoms with Gasteiger partial charge in [0.05, 0.1) is 11.5 Å². The molecule has 0 saturated heterocycles. The summed E-state index contributed by atoms with van der Waals surface area (Å²) in [5.74, 6) is 1.61. The van der Waals surface area contributed by atoms with Crippen molar-refractivity contribution in [2.45, 2.75) is 33.2 Å². The van der Waals surface area contributed by atoms with Gasteiger partial charge in [-0.25, -0.2) is 0 Å². The smallest absolute Gasteiger partial charge is 0.312 e. The van der Waals surface area contributed by atoms with E-state index >= 15 is 0 Å². The Hall–Kier alpha value is -2.15. The quantitative estimate of drug-likeness (QED) is 0.643. The summed E-state index contributed by atoms with van der Waals surface area (Å²) in [6.45, 7) is 4.34. The molecule has 2 heterocycles. The van der Waals surface area contributed by atoms with E-state index in [2.05, 4.69) is 5.10 Å². The summed E-state index contributed by atoms with van der Waals surface area (Å²) in [6, 6.07) is 3.78. The molecule has 0 radical (unpaired) electrons. The summed E-state index contributed by atoms with van der Waals surface area (Å²) in [6.07, 6.45) is 1.67. The van der Waals surface area contributed by atoms with Crippen molar-refractivity contribution in [2.75, 3.05) is 6.54 Å². The molecule has 2 rings (SSSR count). The average molecular weight is 278 g/mol. The summed E-state index contributed by atoms with van der Waals surface area (Å²) < 4.78 is 7.26. The van der Waals surface area contributed by atoms with Crippen LogP contribution in [0.15, 0.2) is 16.5 Å². The molecule has 0 spiro atoms. The molecular formula is C13H18N4O3. The lowest BCUT2D eigenvalue weighted by Gasteiger charge is -2.00. The van der Waals surface area contributed by atoms with Crippen molar-refractivity contribution in [1.29, 1.82) is 0 Å². The Bertz CT molecular complexity index is 615. The minimum Gasteiger partial charge on any atom is -0.464 e. The molecule has 0 bridgehead atoms. The average Bonchev–Trinajstić information content (AvgIpc) is 2.93. The molecule has 2 aromatic rings. The minimum absolute atomic E-state index is 0.0694. The fourth-order valence-corrected chi connectivity index (χ4v) is 2.17. The van der Waals surface area contributed by atoms with Crippen LogP contribution >= 0.6 is 0 Å². The number of furan rings is 1. The zero-order valence-corrected chi connectivity index (χ0v) is 11.6. The number of rotatable bonds is 6. The molecule has 0 aromatic carbocycles. The van der Waals surface area contributed by atoms with Crippen LogP contribution in [0.25, 0.3) is 0 Å². The first kappa shape index (κ1) is 14.3. The van der Waals surface area contributed by atoms with Gasteiger partial charge in [0.2, 0.25) is 0 Å². The molecule has 0 aliphatic heterocycles. The fourth-order valence-electron chi connectivity index (χ4n) is 2.17. The molecular weight excluding hydrogens is 260 g/mol. The third kappa shape index (κ3) is 2.88. The second-order valence-electron chi connectivity index (χ2n) is 4.69. The normalized spacial score (nSPS) is 10.9. The summed E-state index contributed by atoms with van der Waals surface area (Å²) in [5.41, 5.74) is 6.48. The van der Waals surface area contributed by atoms with E-state index in [9.17, 15) is 10.1 Å². The van der Waals surface area contributed by atoms with E-state index in [1.165, 1.54) is 0 Å². The SMILES string of the molecule is Cc1nn(Cc2ccc(CCCN)o2)c(C)c1[N+](=O)[O-]. The summed E-state index contributed by atoms with van der Waals surface area (Å²) in [5, 5.41) is 15.1. The molecule has 2 aromatic heterocycles. The Morgan fingerprint density at radius 2 is 2.10 bits per heavy atom. The third-order valence-corrected chi connectivity index (χ3v) is 3.18. The number of hydrogen-bond donors (Lipinski definition) is 1. The maximum atomic E-state index is 10.9. The first-order valence-electron chi connectivity index (χ1n) is 6.49. The van der Waals surface area contributed by atoms with Crippen molar-refractivity contribution in [3.05, 3.63) is 45.2 Å². The Morgan fingerprint density at radius 3 is 2.70 bits per heavy atom. The molecule has 7 nitrogen and oxygen atoms in total. The highest BCUT2D eigenvalue weighted by Gasteiger charge is 2.22. The Balaban J connectivity index is 2.16. The van der Waals surface area contributed by atoms with Crippen molar-refractivity contribution in [3.63, 3.8) is 0 Å². The highest BCUT2D eigenvalue weighted by Crippen LogP contribution is 2.23. The molecule has 20 heavy (non-hydrogen) atoms. The maximum absolute atomic E-state index is 10.9. The molecule has 0 amide bonds. The van der Waals surface area contributed by atoms with Gasteiger partial charge in [-0.3, -0.25) is 14.8 Å². The zero-order valence-electron chi connectivity index (χ0n) is 11.6. The van der Waals surface area contributed by atoms with Crippen molar-refractivity contribution >= 4 is 5.69 Å². The van der Waals surface area contributed by atoms with E-state index in [4.69, 9.17) is 10.2 Å². The van der Waals surface area contributed by atoms with Gasteiger partial charge in [-0.2, -0.15) is 5.10 Å². The maximum Gasteiger partial charge on any atom is 0.312 e. The van der Waals surface area contributed by atoms with Gasteiger partial charge in [0.15, 0.2) is 0 Å². The summed E-state index contributed by atoms with van der Waals surface area (Å²) in [4.78, 5) is 10.5. The van der Waals surface area contributed by atoms with E-state index in [-0.39, 0.29) is 5.69 Å². The van der Waals surface area contributed by atoms with Crippen LogP contribution in [0.1, 0.15) is 29.3 Å². The molecule has 2 N–H and O–H groups in total. The lowest BCUT2D eigenvalue weighted by atomic mass is 10.2. The Labute approximate surface area is 116 Å². The van der Waals surface area contributed by atoms with Crippen LogP contribution in [0, 0.1) is 24.0 Å². The van der Waals surface area contributed by atoms with E-state index in [1.807, 2.05) is 12.1 Å². The van der Waals surface area contributed by atoms with Crippen LogP contribution < -0.4 is 5.73 Å². The molecule has 0 fully saturated rings. The van der Waals surface area contributed by atoms with E-state index < -0.39 is 4.92 Å². The van der Waals surface area contributed by atoms with Crippen LogP contribution in [0.2, 0.25) is 0 Å². The van der Waals surface area contributed by atoms with Crippen LogP contribution in [0.4, 0.5) is 5.69 Å². The van der Waals surface area contributed by atoms with Gasteiger partial charge in [0, 0.05) is 6.42 Å². The highest BCUT2D eigenvalue weighted by molar-refractivity contribution is 5.39. The number of nitrogens with zero attached hydrogens (tertiary/aromatic N) is 3. The molecule has 0 saturated carbocycles. The molecule has 0 unspecified atom stereocenters. The van der Waals surface area contributed by atoms with Crippen molar-refractivity contribution in [1.82, 2.24) is 9.78 Å². The predicted molar refractivity (Wildman–Crippen MR) is 73.5 cm³/mol. The van der Waals surface area contributed by atoms with Crippen LogP contribution in [0.5, 0.6) is 0 Å². The number of nitro groups is 1. The molecule has 0 aliphatic carbocycles. The second-order valence-corrected chi connectivity index (χ2v) is 4.69. The lowest BCUT2D eigenvalue weighted by molar-refractivity contribution is -0.386. The topological polar surface area (TPSA) is 100 Å². The second kappa shape index (κ2) is 5.87. The van der Waals surface area contributed by atoms with Gasteiger partial charge < -0.3 is 10.2 Å². The van der Waals surface area contributed by atoms with Crippen molar-refractivity contribution in [2.24, 2.45) is 5.73 Å². The predicted octanol–water partition coefficient (Wildman–Crippen LogP) is 1.94. The van der Waals surface area contributed by atoms with Gasteiger partial charge >= 0.3 is 5.69 Å². The van der Waals surface area contributed by atoms with E-state index in [0.29, 0.717) is 24.5 Å². The molecule has 0 aliphatic rings. The van der Waals surface area contributed by atoms with Gasteiger partial charge in [-0.15, -0.1) is 0 Å². The molecule has 7 heteroatoms. The van der Waals surface area contributed by atoms with Crippen molar-refractivity contribution in [3.8, 4) is 0 Å². The van der Waals surface area contributed by atoms with Crippen LogP contribution in [-0.2, 0) is 13.0 Å². The highest BCUT2D eigenvalue weighted by atomic mass is 16.6. The van der Waals surface area contributed by atoms with Gasteiger partial charge in [0.25, 0.3) is 0 Å². The summed E-state index contributed by atoms with van der Waals surface area (Å²) >= 11 is 0. The standard InChI is InChI=1S/C13H18N4O3/c1-9-13(17(18)19)10(2)16(15-9)8-12-6-5-11(20-12)4-3-7-14/h5-6H,3-4,7-8,14H2,1-2H3. The Morgan fingerprint density at radius 1 is 1.40 bits per heavy atom. The minimum atomic E-state index is -0.400. The lowest BCUT2D eigenvalue weighted by Crippen LogP contribution is -2.03. The Kier molecular flexibility index (Phi) is 4.19. The van der Waals surface area contributed by atoms with Gasteiger partial charge in [-0.05, 0) is 38.9 Å².